The minimum Gasteiger partial charge on any atom is -0.411 e. The Kier molecular flexibility index (Phi) is 19.6. The summed E-state index contributed by atoms with van der Waals surface area (Å²) in [5, 5.41) is 16.1. The summed E-state index contributed by atoms with van der Waals surface area (Å²) in [4.78, 5) is 39.2. The summed E-state index contributed by atoms with van der Waals surface area (Å²) >= 11 is 0. The number of ether oxygens (including phenoxy) is 3. The van der Waals surface area contributed by atoms with Gasteiger partial charge in [-0.1, -0.05) is 60.6 Å². The van der Waals surface area contributed by atoms with E-state index in [1.54, 1.807) is 12.2 Å². The van der Waals surface area contributed by atoms with Crippen molar-refractivity contribution in [2.24, 2.45) is 23.7 Å². The highest BCUT2D eigenvalue weighted by molar-refractivity contribution is 6.74. The highest BCUT2D eigenvalue weighted by atomic mass is 28.4. The largest absolute Gasteiger partial charge is 0.411 e. The zero-order chi connectivity index (χ0) is 42.6. The standard InChI is InChI=1S/C46H82N2O8Si/c1-13-16-37(50)28-39-22-20-32(3)41(53-39)29-43(51)48-30-42(56-57(11,12)45(8,9)10)35(6)44(52)47-26-15-18-40-33(4)23-25-46(55-40)24-14-17-38(54-46)21-19-31(2)27-34(5)36(7)49/h13,16,27,31-33,35-36,38-42,49H,14-15,17-26,28-30H2,1-12H3,(H,47,52)(H,48,51)/b16-13+,34-27+/t31-,32-,33-,35+,36-,38-,39+,40+,41-,42+,46-/m0/s1. The molecule has 3 aliphatic rings. The molecule has 0 aromatic carbocycles. The molecule has 3 rings (SSSR count). The van der Waals surface area contributed by atoms with Crippen molar-refractivity contribution in [2.75, 3.05) is 13.1 Å². The van der Waals surface area contributed by atoms with Crippen LogP contribution in [-0.4, -0.2) is 86.5 Å². The van der Waals surface area contributed by atoms with Gasteiger partial charge in [0.2, 0.25) is 11.8 Å². The van der Waals surface area contributed by atoms with E-state index in [4.69, 9.17) is 18.6 Å². The molecule has 11 atom stereocenters. The first-order valence-electron chi connectivity index (χ1n) is 22.4. The van der Waals surface area contributed by atoms with E-state index in [9.17, 15) is 19.5 Å². The molecular formula is C46H82N2O8Si. The molecule has 57 heavy (non-hydrogen) atoms. The van der Waals surface area contributed by atoms with Crippen molar-refractivity contribution in [1.82, 2.24) is 10.6 Å². The Bertz CT molecular complexity index is 1340. The number of hydrogen-bond acceptors (Lipinski definition) is 8. The molecule has 328 valence electrons. The number of carbonyl (C=O) groups excluding carboxylic acids is 3. The molecule has 11 heteroatoms. The Balaban J connectivity index is 1.53. The van der Waals surface area contributed by atoms with Crippen molar-refractivity contribution in [3.63, 3.8) is 0 Å². The molecule has 10 nitrogen and oxygen atoms in total. The van der Waals surface area contributed by atoms with Crippen molar-refractivity contribution in [3.05, 3.63) is 23.8 Å². The molecule has 3 heterocycles. The Morgan fingerprint density at radius 1 is 0.930 bits per heavy atom. The van der Waals surface area contributed by atoms with Gasteiger partial charge < -0.3 is 34.4 Å². The second-order valence-corrected chi connectivity index (χ2v) is 24.3. The second-order valence-electron chi connectivity index (χ2n) is 19.5. The van der Waals surface area contributed by atoms with Gasteiger partial charge in [0.1, 0.15) is 0 Å². The highest BCUT2D eigenvalue weighted by Crippen LogP contribution is 2.43. The summed E-state index contributed by atoms with van der Waals surface area (Å²) in [5.41, 5.74) is 1.02. The van der Waals surface area contributed by atoms with Crippen LogP contribution in [0, 0.1) is 23.7 Å². The number of carbonyl (C=O) groups is 3. The average Bonchev–Trinajstić information content (AvgIpc) is 3.13. The number of aliphatic hydroxyl groups is 1. The predicted molar refractivity (Wildman–Crippen MR) is 231 cm³/mol. The molecule has 0 aromatic heterocycles. The fourth-order valence-corrected chi connectivity index (χ4v) is 9.59. The maximum atomic E-state index is 13.7. The Labute approximate surface area is 347 Å². The van der Waals surface area contributed by atoms with Gasteiger partial charge in [-0.25, -0.2) is 0 Å². The summed E-state index contributed by atoms with van der Waals surface area (Å²) in [6.07, 6.45) is 15.4. The van der Waals surface area contributed by atoms with E-state index in [0.717, 1.165) is 76.2 Å². The van der Waals surface area contributed by atoms with E-state index in [-0.39, 0.29) is 65.9 Å². The normalized spacial score (nSPS) is 29.8. The van der Waals surface area contributed by atoms with Gasteiger partial charge in [0.25, 0.3) is 0 Å². The number of ketones is 1. The Hall–Kier alpha value is -1.89. The molecule has 0 aliphatic carbocycles. The van der Waals surface area contributed by atoms with Crippen LogP contribution >= 0.6 is 0 Å². The van der Waals surface area contributed by atoms with Gasteiger partial charge >= 0.3 is 0 Å². The quantitative estimate of drug-likeness (QED) is 0.0481. The van der Waals surface area contributed by atoms with E-state index < -0.39 is 32.2 Å². The number of aliphatic hydroxyl groups excluding tert-OH is 1. The lowest BCUT2D eigenvalue weighted by molar-refractivity contribution is -0.324. The summed E-state index contributed by atoms with van der Waals surface area (Å²) in [6, 6.07) is 0. The van der Waals surface area contributed by atoms with Gasteiger partial charge in [-0.15, -0.1) is 0 Å². The van der Waals surface area contributed by atoms with Crippen LogP contribution in [-0.2, 0) is 33.0 Å². The Morgan fingerprint density at radius 2 is 1.63 bits per heavy atom. The average molecular weight is 819 g/mol. The van der Waals surface area contributed by atoms with Crippen molar-refractivity contribution < 1.29 is 38.1 Å². The highest BCUT2D eigenvalue weighted by Gasteiger charge is 2.45. The third-order valence-corrected chi connectivity index (χ3v) is 17.9. The van der Waals surface area contributed by atoms with Crippen LogP contribution in [0.25, 0.3) is 0 Å². The zero-order valence-corrected chi connectivity index (χ0v) is 38.9. The van der Waals surface area contributed by atoms with Crippen LogP contribution in [0.4, 0.5) is 0 Å². The van der Waals surface area contributed by atoms with E-state index in [1.807, 2.05) is 27.7 Å². The molecule has 0 aromatic rings. The van der Waals surface area contributed by atoms with Crippen LogP contribution in [0.15, 0.2) is 23.8 Å². The molecule has 3 N–H and O–H groups in total. The van der Waals surface area contributed by atoms with Gasteiger partial charge in [0, 0.05) is 32.4 Å². The molecule has 3 aliphatic heterocycles. The van der Waals surface area contributed by atoms with E-state index in [0.29, 0.717) is 24.8 Å². The number of nitrogens with one attached hydrogen (secondary N) is 2. The van der Waals surface area contributed by atoms with Gasteiger partial charge in [0.05, 0.1) is 49.0 Å². The topological polar surface area (TPSA) is 132 Å². The fraction of sp³-hybridized carbons (Fsp3) is 0.848. The molecule has 2 amide bonds. The van der Waals surface area contributed by atoms with Crippen molar-refractivity contribution >= 4 is 25.9 Å². The fourth-order valence-electron chi connectivity index (χ4n) is 8.19. The van der Waals surface area contributed by atoms with Crippen molar-refractivity contribution in [2.45, 2.75) is 213 Å². The van der Waals surface area contributed by atoms with Gasteiger partial charge in [-0.05, 0) is 126 Å². The molecule has 0 bridgehead atoms. The van der Waals surface area contributed by atoms with Gasteiger partial charge in [-0.3, -0.25) is 14.4 Å². The molecule has 0 radical (unpaired) electrons. The van der Waals surface area contributed by atoms with E-state index >= 15 is 0 Å². The van der Waals surface area contributed by atoms with Crippen LogP contribution in [0.5, 0.6) is 0 Å². The SMILES string of the molecule is C/C=C/C(=O)C[C@H]1CC[C@H](C)[C@H](CC(=O)NC[C@@H](O[Si](C)(C)C(C)(C)C)[C@@H](C)C(=O)NCCC[C@H]2O[C@@]3(CCC[C@@H](CC[C@H](C)/C=C(\C)[C@H](C)O)O3)CC[C@@H]2C)O1. The third-order valence-electron chi connectivity index (χ3n) is 13.4. The first kappa shape index (κ1) is 49.5. The summed E-state index contributed by atoms with van der Waals surface area (Å²) in [7, 11) is -2.28. The first-order valence-corrected chi connectivity index (χ1v) is 25.3. The number of hydrogen-bond donors (Lipinski definition) is 3. The van der Waals surface area contributed by atoms with E-state index in [1.165, 1.54) is 0 Å². The van der Waals surface area contributed by atoms with Crippen molar-refractivity contribution in [3.8, 4) is 0 Å². The van der Waals surface area contributed by atoms with Crippen LogP contribution < -0.4 is 10.6 Å². The summed E-state index contributed by atoms with van der Waals surface area (Å²) in [6.45, 7) is 25.8. The van der Waals surface area contributed by atoms with Crippen LogP contribution in [0.3, 0.4) is 0 Å². The lowest BCUT2D eigenvalue weighted by atomic mass is 9.85. The van der Waals surface area contributed by atoms with Crippen LogP contribution in [0.1, 0.15) is 153 Å². The summed E-state index contributed by atoms with van der Waals surface area (Å²) < 4.78 is 26.6. The number of allylic oxidation sites excluding steroid dienone is 3. The number of amides is 2. The Morgan fingerprint density at radius 3 is 2.30 bits per heavy atom. The molecule has 1 spiro atoms. The van der Waals surface area contributed by atoms with Gasteiger partial charge in [0.15, 0.2) is 19.9 Å². The minimum atomic E-state index is -2.28. The van der Waals surface area contributed by atoms with Gasteiger partial charge in [-0.2, -0.15) is 0 Å². The molecule has 0 saturated carbocycles. The predicted octanol–water partition coefficient (Wildman–Crippen LogP) is 8.96. The summed E-state index contributed by atoms with van der Waals surface area (Å²) in [5.74, 6) is -0.138. The zero-order valence-electron chi connectivity index (χ0n) is 37.9. The minimum absolute atomic E-state index is 0.0432. The maximum absolute atomic E-state index is 13.7. The number of rotatable bonds is 20. The second kappa shape index (κ2) is 22.6. The van der Waals surface area contributed by atoms with E-state index in [2.05, 4.69) is 71.3 Å². The molecule has 3 saturated heterocycles. The lowest BCUT2D eigenvalue weighted by Crippen LogP contribution is -2.52. The lowest BCUT2D eigenvalue weighted by Gasteiger charge is -2.48. The van der Waals surface area contributed by atoms with Crippen molar-refractivity contribution in [1.29, 1.82) is 0 Å². The molecular weight excluding hydrogens is 737 g/mol. The van der Waals surface area contributed by atoms with Crippen LogP contribution in [0.2, 0.25) is 18.1 Å². The molecule has 0 unspecified atom stereocenters. The monoisotopic (exact) mass is 819 g/mol. The smallest absolute Gasteiger partial charge is 0.225 e. The third kappa shape index (κ3) is 15.9. The molecule has 3 fully saturated rings. The maximum Gasteiger partial charge on any atom is 0.225 e. The first-order chi connectivity index (χ1) is 26.6.